The molecule has 0 amide bonds. The molecule has 0 saturated heterocycles. The Morgan fingerprint density at radius 3 is 2.46 bits per heavy atom. The number of nitrogens with two attached hydrogens (primary N) is 1. The predicted octanol–water partition coefficient (Wildman–Crippen LogP) is 4.68. The number of halogens is 4. The van der Waals surface area contributed by atoms with Crippen molar-refractivity contribution in [1.29, 1.82) is 0 Å². The zero-order valence-corrected chi connectivity index (χ0v) is 15.7. The highest BCUT2D eigenvalue weighted by atomic mass is 35.5. The van der Waals surface area contributed by atoms with Crippen molar-refractivity contribution < 1.29 is 13.9 Å². The number of hydrogen-bond acceptors (Lipinski definition) is 7. The van der Waals surface area contributed by atoms with Crippen LogP contribution in [0.5, 0.6) is 0 Å². The number of nitrogen functional groups attached to an aromatic ring is 1. The van der Waals surface area contributed by atoms with Crippen LogP contribution in [0, 0.1) is 0 Å². The van der Waals surface area contributed by atoms with Gasteiger partial charge in [0.25, 0.3) is 5.89 Å². The first-order valence-corrected chi connectivity index (χ1v) is 8.43. The van der Waals surface area contributed by atoms with Gasteiger partial charge in [-0.15, -0.1) is 10.2 Å². The van der Waals surface area contributed by atoms with Gasteiger partial charge in [0.2, 0.25) is 5.89 Å². The van der Waals surface area contributed by atoms with Crippen molar-refractivity contribution in [3.05, 3.63) is 56.1 Å². The zero-order valence-electron chi connectivity index (χ0n) is 12.7. The first-order valence-electron chi connectivity index (χ1n) is 6.92. The predicted molar refractivity (Wildman–Crippen MR) is 97.5 cm³/mol. The van der Waals surface area contributed by atoms with Crippen LogP contribution >= 0.6 is 46.4 Å². The van der Waals surface area contributed by atoms with Crippen LogP contribution in [0.25, 0.3) is 11.5 Å². The summed E-state index contributed by atoms with van der Waals surface area (Å²) in [5, 5.41) is 7.89. The summed E-state index contributed by atoms with van der Waals surface area (Å²) < 4.78 is 10.5. The van der Waals surface area contributed by atoms with E-state index in [0.29, 0.717) is 10.6 Å². The fraction of sp³-hybridized carbons (Fsp3) is 0.0667. The molecular weight excluding hydrogens is 426 g/mol. The van der Waals surface area contributed by atoms with E-state index in [9.17, 15) is 4.79 Å². The molecule has 0 fully saturated rings. The number of anilines is 1. The summed E-state index contributed by atoms with van der Waals surface area (Å²) in [7, 11) is 0. The summed E-state index contributed by atoms with van der Waals surface area (Å²) in [5.74, 6) is -0.540. The Bertz CT molecular complexity index is 976. The lowest BCUT2D eigenvalue weighted by molar-refractivity contribution is 0.0432. The van der Waals surface area contributed by atoms with E-state index in [1.54, 1.807) is 24.3 Å². The molecule has 0 bridgehead atoms. The van der Waals surface area contributed by atoms with Crippen LogP contribution in [0.1, 0.15) is 16.4 Å². The second kappa shape index (κ2) is 7.67. The summed E-state index contributed by atoms with van der Waals surface area (Å²) in [6.07, 6.45) is 0. The SMILES string of the molecule is Nc1c(Cl)c(Cl)nc(C(=O)OCc2nnc(-c3ccc(Cl)cc3)o2)c1Cl. The van der Waals surface area contributed by atoms with Gasteiger partial charge in [-0.05, 0) is 24.3 Å². The summed E-state index contributed by atoms with van der Waals surface area (Å²) in [6, 6.07) is 6.80. The van der Waals surface area contributed by atoms with Crippen molar-refractivity contribution in [3.8, 4) is 11.5 Å². The van der Waals surface area contributed by atoms with Gasteiger partial charge in [-0.1, -0.05) is 46.4 Å². The number of hydrogen-bond donors (Lipinski definition) is 1. The Morgan fingerprint density at radius 2 is 1.77 bits per heavy atom. The van der Waals surface area contributed by atoms with Crippen LogP contribution in [0.4, 0.5) is 5.69 Å². The lowest BCUT2D eigenvalue weighted by Crippen LogP contribution is -2.10. The second-order valence-corrected chi connectivity index (χ2v) is 6.43. The number of pyridine rings is 1. The number of aromatic nitrogens is 3. The van der Waals surface area contributed by atoms with Gasteiger partial charge >= 0.3 is 5.97 Å². The fourth-order valence-electron chi connectivity index (χ4n) is 1.88. The maximum Gasteiger partial charge on any atom is 0.359 e. The first-order chi connectivity index (χ1) is 12.4. The van der Waals surface area contributed by atoms with E-state index in [2.05, 4.69) is 15.2 Å². The normalized spacial score (nSPS) is 10.8. The van der Waals surface area contributed by atoms with E-state index in [4.69, 9.17) is 61.3 Å². The van der Waals surface area contributed by atoms with Gasteiger partial charge in [0, 0.05) is 10.6 Å². The minimum atomic E-state index is -0.869. The summed E-state index contributed by atoms with van der Waals surface area (Å²) in [4.78, 5) is 15.9. The van der Waals surface area contributed by atoms with Gasteiger partial charge < -0.3 is 14.9 Å². The number of carbonyl (C=O) groups excluding carboxylic acids is 1. The average Bonchev–Trinajstić information content (AvgIpc) is 3.10. The molecule has 0 atom stereocenters. The zero-order chi connectivity index (χ0) is 18.8. The van der Waals surface area contributed by atoms with Gasteiger partial charge in [0.15, 0.2) is 17.5 Å². The highest BCUT2D eigenvalue weighted by Gasteiger charge is 2.21. The minimum Gasteiger partial charge on any atom is -0.451 e. The van der Waals surface area contributed by atoms with Crippen molar-refractivity contribution in [2.75, 3.05) is 5.73 Å². The van der Waals surface area contributed by atoms with Crippen LogP contribution in [0.15, 0.2) is 28.7 Å². The largest absolute Gasteiger partial charge is 0.451 e. The fourth-order valence-corrected chi connectivity index (χ4v) is 2.59. The molecule has 2 heterocycles. The van der Waals surface area contributed by atoms with Gasteiger partial charge in [0.1, 0.15) is 5.02 Å². The molecule has 0 saturated carbocycles. The minimum absolute atomic E-state index is 0.0438. The van der Waals surface area contributed by atoms with Crippen LogP contribution < -0.4 is 5.73 Å². The van der Waals surface area contributed by atoms with Gasteiger partial charge in [-0.3, -0.25) is 0 Å². The highest BCUT2D eigenvalue weighted by molar-refractivity contribution is 6.46. The molecule has 3 rings (SSSR count). The standard InChI is InChI=1S/C15H8Cl4N4O3/c16-7-3-1-6(2-4-7)14-23-22-8(26-14)5-25-15(24)12-9(17)11(20)10(18)13(19)21-12/h1-4H,5H2,(H2,20,21). The van der Waals surface area contributed by atoms with Crippen LogP contribution in [0.2, 0.25) is 20.2 Å². The Hall–Kier alpha value is -2.06. The second-order valence-electron chi connectivity index (χ2n) is 4.88. The monoisotopic (exact) mass is 432 g/mol. The molecule has 0 aliphatic carbocycles. The van der Waals surface area contributed by atoms with Crippen molar-refractivity contribution >= 4 is 58.1 Å². The molecule has 0 spiro atoms. The van der Waals surface area contributed by atoms with E-state index in [1.807, 2.05) is 0 Å². The van der Waals surface area contributed by atoms with Gasteiger partial charge in [-0.2, -0.15) is 0 Å². The summed E-state index contributed by atoms with van der Waals surface area (Å²) in [6.45, 7) is -0.294. The lowest BCUT2D eigenvalue weighted by atomic mass is 10.2. The third-order valence-corrected chi connectivity index (χ3v) is 4.54. The third kappa shape index (κ3) is 3.86. The molecule has 1 aromatic carbocycles. The number of carbonyl (C=O) groups is 1. The van der Waals surface area contributed by atoms with Crippen molar-refractivity contribution in [2.45, 2.75) is 6.61 Å². The van der Waals surface area contributed by atoms with Gasteiger partial charge in [0.05, 0.1) is 10.7 Å². The van der Waals surface area contributed by atoms with Crippen molar-refractivity contribution in [2.24, 2.45) is 0 Å². The quantitative estimate of drug-likeness (QED) is 0.470. The molecule has 2 N–H and O–H groups in total. The first kappa shape index (κ1) is 18.7. The molecule has 11 heteroatoms. The number of ether oxygens (including phenoxy) is 1. The van der Waals surface area contributed by atoms with E-state index in [1.165, 1.54) is 0 Å². The number of benzene rings is 1. The Kier molecular flexibility index (Phi) is 5.52. The van der Waals surface area contributed by atoms with Gasteiger partial charge in [-0.25, -0.2) is 9.78 Å². The van der Waals surface area contributed by atoms with E-state index < -0.39 is 5.97 Å². The maximum atomic E-state index is 12.1. The molecule has 7 nitrogen and oxygen atoms in total. The number of esters is 1. The molecule has 3 aromatic rings. The van der Waals surface area contributed by atoms with Crippen molar-refractivity contribution in [3.63, 3.8) is 0 Å². The molecule has 0 aliphatic rings. The summed E-state index contributed by atoms with van der Waals surface area (Å²) >= 11 is 23.4. The Balaban J connectivity index is 1.72. The van der Waals surface area contributed by atoms with E-state index in [0.717, 1.165) is 0 Å². The maximum absolute atomic E-state index is 12.1. The highest BCUT2D eigenvalue weighted by Crippen LogP contribution is 2.34. The van der Waals surface area contributed by atoms with Crippen LogP contribution in [-0.4, -0.2) is 21.2 Å². The number of nitrogens with zero attached hydrogens (tertiary/aromatic N) is 3. The van der Waals surface area contributed by atoms with Crippen molar-refractivity contribution in [1.82, 2.24) is 15.2 Å². The van der Waals surface area contributed by atoms with E-state index in [-0.39, 0.29) is 45.0 Å². The van der Waals surface area contributed by atoms with E-state index >= 15 is 0 Å². The Labute approximate surface area is 167 Å². The molecule has 2 aromatic heterocycles. The lowest BCUT2D eigenvalue weighted by Gasteiger charge is -2.08. The van der Waals surface area contributed by atoms with Crippen LogP contribution in [0.3, 0.4) is 0 Å². The molecule has 0 aliphatic heterocycles. The summed E-state index contributed by atoms with van der Waals surface area (Å²) in [5.41, 5.74) is 5.99. The smallest absolute Gasteiger partial charge is 0.359 e. The average molecular weight is 434 g/mol. The Morgan fingerprint density at radius 1 is 1.08 bits per heavy atom. The van der Waals surface area contributed by atoms with Crippen LogP contribution in [-0.2, 0) is 11.3 Å². The third-order valence-electron chi connectivity index (χ3n) is 3.15. The molecule has 134 valence electrons. The topological polar surface area (TPSA) is 104 Å². The molecule has 0 radical (unpaired) electrons. The molecule has 26 heavy (non-hydrogen) atoms. The number of rotatable bonds is 4. The molecule has 0 unspecified atom stereocenters. The molecular formula is C15H8Cl4N4O3.